The first-order valence-electron chi connectivity index (χ1n) is 7.78. The third-order valence-corrected chi connectivity index (χ3v) is 4.12. The highest BCUT2D eigenvalue weighted by molar-refractivity contribution is 9.10. The van der Waals surface area contributed by atoms with Crippen molar-refractivity contribution >= 4 is 27.5 Å². The standard InChI is InChI=1S/C18H19BrN4O/c1-13(2)23-11-15(19)8-17(23)18(24)21-16-9-20-22(12-16)10-14-6-4-3-5-7-14/h3-9,11-13H,10H2,1-2H3,(H,21,24). The van der Waals surface area contributed by atoms with Crippen LogP contribution in [0.25, 0.3) is 0 Å². The molecule has 124 valence electrons. The summed E-state index contributed by atoms with van der Waals surface area (Å²) in [5.41, 5.74) is 2.47. The van der Waals surface area contributed by atoms with Gasteiger partial charge in [-0.15, -0.1) is 0 Å². The summed E-state index contributed by atoms with van der Waals surface area (Å²) in [6.07, 6.45) is 5.42. The normalized spacial score (nSPS) is 11.0. The summed E-state index contributed by atoms with van der Waals surface area (Å²) in [4.78, 5) is 12.5. The molecule has 6 heteroatoms. The van der Waals surface area contributed by atoms with Crippen LogP contribution in [0.15, 0.2) is 59.5 Å². The maximum Gasteiger partial charge on any atom is 0.272 e. The molecule has 1 aromatic carbocycles. The highest BCUT2D eigenvalue weighted by Crippen LogP contribution is 2.20. The third-order valence-electron chi connectivity index (χ3n) is 3.68. The zero-order chi connectivity index (χ0) is 17.1. The SMILES string of the molecule is CC(C)n1cc(Br)cc1C(=O)Nc1cnn(Cc2ccccc2)c1. The van der Waals surface area contributed by atoms with E-state index < -0.39 is 0 Å². The molecule has 0 spiro atoms. The number of carbonyl (C=O) groups is 1. The molecule has 0 unspecified atom stereocenters. The van der Waals surface area contributed by atoms with Crippen LogP contribution in [0.3, 0.4) is 0 Å². The van der Waals surface area contributed by atoms with Gasteiger partial charge >= 0.3 is 0 Å². The summed E-state index contributed by atoms with van der Waals surface area (Å²) in [6, 6.07) is 12.1. The molecule has 0 aliphatic rings. The first-order chi connectivity index (χ1) is 11.5. The van der Waals surface area contributed by atoms with Gasteiger partial charge in [0.2, 0.25) is 0 Å². The number of nitrogens with one attached hydrogen (secondary N) is 1. The zero-order valence-corrected chi connectivity index (χ0v) is 15.2. The smallest absolute Gasteiger partial charge is 0.272 e. The molecule has 1 N–H and O–H groups in total. The predicted octanol–water partition coefficient (Wildman–Crippen LogP) is 4.33. The van der Waals surface area contributed by atoms with E-state index in [2.05, 4.69) is 26.3 Å². The van der Waals surface area contributed by atoms with Crippen molar-refractivity contribution in [3.8, 4) is 0 Å². The predicted molar refractivity (Wildman–Crippen MR) is 98.2 cm³/mol. The molecule has 1 amide bonds. The Morgan fingerprint density at radius 2 is 2.00 bits per heavy atom. The van der Waals surface area contributed by atoms with Crippen molar-refractivity contribution < 1.29 is 4.79 Å². The summed E-state index contributed by atoms with van der Waals surface area (Å²) in [5, 5.41) is 7.22. The van der Waals surface area contributed by atoms with Crippen molar-refractivity contribution in [2.45, 2.75) is 26.4 Å². The fourth-order valence-electron chi connectivity index (χ4n) is 2.54. The first kappa shape index (κ1) is 16.5. The number of carbonyl (C=O) groups excluding carboxylic acids is 1. The van der Waals surface area contributed by atoms with Crippen LogP contribution in [0.5, 0.6) is 0 Å². The molecule has 0 atom stereocenters. The van der Waals surface area contributed by atoms with Gasteiger partial charge in [-0.3, -0.25) is 9.48 Å². The van der Waals surface area contributed by atoms with Crippen molar-refractivity contribution in [2.75, 3.05) is 5.32 Å². The number of amides is 1. The molecular formula is C18H19BrN4O. The van der Waals surface area contributed by atoms with Crippen LogP contribution in [0.2, 0.25) is 0 Å². The Kier molecular flexibility index (Phi) is 4.85. The van der Waals surface area contributed by atoms with Gasteiger partial charge in [0.25, 0.3) is 5.91 Å². The number of anilines is 1. The van der Waals surface area contributed by atoms with E-state index in [9.17, 15) is 4.79 Å². The fraction of sp³-hybridized carbons (Fsp3) is 0.222. The van der Waals surface area contributed by atoms with Crippen LogP contribution in [-0.2, 0) is 6.54 Å². The van der Waals surface area contributed by atoms with Gasteiger partial charge < -0.3 is 9.88 Å². The minimum atomic E-state index is -0.145. The van der Waals surface area contributed by atoms with E-state index >= 15 is 0 Å². The van der Waals surface area contributed by atoms with Crippen LogP contribution in [0.4, 0.5) is 5.69 Å². The van der Waals surface area contributed by atoms with Crippen molar-refractivity contribution in [1.29, 1.82) is 0 Å². The minimum absolute atomic E-state index is 0.145. The minimum Gasteiger partial charge on any atom is -0.340 e. The number of halogens is 1. The number of nitrogens with zero attached hydrogens (tertiary/aromatic N) is 3. The van der Waals surface area contributed by atoms with Crippen molar-refractivity contribution in [3.63, 3.8) is 0 Å². The number of hydrogen-bond acceptors (Lipinski definition) is 2. The highest BCUT2D eigenvalue weighted by Gasteiger charge is 2.15. The molecule has 2 aromatic heterocycles. The Labute approximate surface area is 149 Å². The number of hydrogen-bond donors (Lipinski definition) is 1. The van der Waals surface area contributed by atoms with E-state index in [-0.39, 0.29) is 11.9 Å². The molecule has 0 bridgehead atoms. The van der Waals surface area contributed by atoms with Gasteiger partial charge in [0.1, 0.15) is 5.69 Å². The van der Waals surface area contributed by atoms with E-state index in [1.54, 1.807) is 6.20 Å². The molecule has 5 nitrogen and oxygen atoms in total. The zero-order valence-electron chi connectivity index (χ0n) is 13.6. The van der Waals surface area contributed by atoms with Gasteiger partial charge in [-0.1, -0.05) is 30.3 Å². The van der Waals surface area contributed by atoms with Crippen molar-refractivity contribution in [1.82, 2.24) is 14.3 Å². The molecule has 0 aliphatic carbocycles. The largest absolute Gasteiger partial charge is 0.340 e. The molecule has 3 rings (SSSR count). The van der Waals surface area contributed by atoms with Crippen LogP contribution < -0.4 is 5.32 Å². The van der Waals surface area contributed by atoms with E-state index in [0.29, 0.717) is 17.9 Å². The Morgan fingerprint density at radius 3 is 2.71 bits per heavy atom. The number of aromatic nitrogens is 3. The van der Waals surface area contributed by atoms with E-state index in [0.717, 1.165) is 10.0 Å². The third kappa shape index (κ3) is 3.76. The van der Waals surface area contributed by atoms with E-state index in [1.165, 1.54) is 0 Å². The maximum atomic E-state index is 12.5. The highest BCUT2D eigenvalue weighted by atomic mass is 79.9. The van der Waals surface area contributed by atoms with Gasteiger partial charge in [-0.2, -0.15) is 5.10 Å². The molecule has 3 aromatic rings. The van der Waals surface area contributed by atoms with Crippen LogP contribution >= 0.6 is 15.9 Å². The Balaban J connectivity index is 1.72. The van der Waals surface area contributed by atoms with Crippen LogP contribution in [0.1, 0.15) is 35.9 Å². The van der Waals surface area contributed by atoms with Gasteiger partial charge in [-0.25, -0.2) is 0 Å². The topological polar surface area (TPSA) is 51.9 Å². The Morgan fingerprint density at radius 1 is 1.25 bits per heavy atom. The monoisotopic (exact) mass is 386 g/mol. The molecule has 24 heavy (non-hydrogen) atoms. The second-order valence-corrected chi connectivity index (χ2v) is 6.83. The quantitative estimate of drug-likeness (QED) is 0.709. The lowest BCUT2D eigenvalue weighted by atomic mass is 10.2. The molecular weight excluding hydrogens is 368 g/mol. The summed E-state index contributed by atoms with van der Waals surface area (Å²) >= 11 is 3.43. The molecule has 2 heterocycles. The fourth-order valence-corrected chi connectivity index (χ4v) is 2.97. The average molecular weight is 387 g/mol. The number of benzene rings is 1. The van der Waals surface area contributed by atoms with Crippen LogP contribution in [0, 0.1) is 0 Å². The van der Waals surface area contributed by atoms with E-state index in [4.69, 9.17) is 0 Å². The lowest BCUT2D eigenvalue weighted by Crippen LogP contribution is -2.17. The van der Waals surface area contributed by atoms with Crippen LogP contribution in [-0.4, -0.2) is 20.3 Å². The van der Waals surface area contributed by atoms with Gasteiger partial charge in [0, 0.05) is 22.9 Å². The molecule has 0 saturated heterocycles. The summed E-state index contributed by atoms with van der Waals surface area (Å²) in [6.45, 7) is 4.76. The van der Waals surface area contributed by atoms with E-state index in [1.807, 2.05) is 71.9 Å². The Hall–Kier alpha value is -2.34. The molecule has 0 radical (unpaired) electrons. The molecule has 0 aliphatic heterocycles. The Bertz CT molecular complexity index is 836. The lowest BCUT2D eigenvalue weighted by Gasteiger charge is -2.12. The summed E-state index contributed by atoms with van der Waals surface area (Å²) in [7, 11) is 0. The lowest BCUT2D eigenvalue weighted by molar-refractivity contribution is 0.101. The van der Waals surface area contributed by atoms with Crippen molar-refractivity contribution in [3.05, 3.63) is 70.7 Å². The second-order valence-electron chi connectivity index (χ2n) is 5.91. The number of rotatable bonds is 5. The van der Waals surface area contributed by atoms with Gasteiger partial charge in [-0.05, 0) is 41.4 Å². The average Bonchev–Trinajstić information content (AvgIpc) is 3.15. The summed E-state index contributed by atoms with van der Waals surface area (Å²) < 4.78 is 4.64. The summed E-state index contributed by atoms with van der Waals surface area (Å²) in [5.74, 6) is -0.145. The van der Waals surface area contributed by atoms with Gasteiger partial charge in [0.15, 0.2) is 0 Å². The first-order valence-corrected chi connectivity index (χ1v) is 8.57. The van der Waals surface area contributed by atoms with Gasteiger partial charge in [0.05, 0.1) is 18.4 Å². The molecule has 0 fully saturated rings. The maximum absolute atomic E-state index is 12.5. The second kappa shape index (κ2) is 7.05. The van der Waals surface area contributed by atoms with Crippen molar-refractivity contribution in [2.24, 2.45) is 0 Å². The molecule has 0 saturated carbocycles.